The van der Waals surface area contributed by atoms with Crippen LogP contribution in [0.4, 0.5) is 25.8 Å². The number of anilines is 2. The molecule has 0 bridgehead atoms. The summed E-state index contributed by atoms with van der Waals surface area (Å²) in [4.78, 5) is 139. The minimum absolute atomic E-state index is 0.0103. The number of carbonyl (C=O) groups is 10. The number of imide groups is 1. The summed E-state index contributed by atoms with van der Waals surface area (Å²) in [5.41, 5.74) is 8.20. The Bertz CT molecular complexity index is 3490. The van der Waals surface area contributed by atoms with E-state index in [-0.39, 0.29) is 166 Å². The number of nitrogens with two attached hydrogens (primary N) is 1. The van der Waals surface area contributed by atoms with Gasteiger partial charge in [-0.15, -0.1) is 0 Å². The molecule has 2 unspecified atom stereocenters. The molecule has 0 saturated carbocycles. The molecule has 3 aromatic rings. The van der Waals surface area contributed by atoms with Crippen molar-refractivity contribution in [3.8, 4) is 17.2 Å². The Hall–Kier alpha value is -8.44. The Balaban J connectivity index is 0.880. The lowest BCUT2D eigenvalue weighted by molar-refractivity contribution is -0.137. The summed E-state index contributed by atoms with van der Waals surface area (Å²) in [6.45, 7) is 16.1. The smallest absolute Gasteiger partial charge is 0.416 e. The third-order valence-electron chi connectivity index (χ3n) is 17.5. The van der Waals surface area contributed by atoms with Crippen LogP contribution in [0, 0.1) is 11.8 Å². The Morgan fingerprint density at radius 3 is 1.86 bits per heavy atom. The van der Waals surface area contributed by atoms with Gasteiger partial charge in [0.2, 0.25) is 5.91 Å². The van der Waals surface area contributed by atoms with Crippen LogP contribution in [-0.2, 0) is 53.1 Å². The number of aliphatic hydroxyl groups excluding tert-OH is 3. The van der Waals surface area contributed by atoms with Gasteiger partial charge in [0.1, 0.15) is 24.7 Å². The summed E-state index contributed by atoms with van der Waals surface area (Å²) in [7, 11) is 4.64. The van der Waals surface area contributed by atoms with Crippen molar-refractivity contribution in [3.05, 3.63) is 113 Å². The molecule has 530 valence electrons. The molecule has 98 heavy (non-hydrogen) atoms. The van der Waals surface area contributed by atoms with Crippen molar-refractivity contribution < 1.29 is 86.9 Å². The first-order valence-electron chi connectivity index (χ1n) is 33.2. The van der Waals surface area contributed by atoms with E-state index in [9.17, 15) is 63.3 Å². The lowest BCUT2D eigenvalue weighted by Crippen LogP contribution is -2.51. The van der Waals surface area contributed by atoms with Crippen LogP contribution < -0.4 is 40.4 Å². The number of ether oxygens (including phenoxy) is 5. The average Bonchev–Trinajstić information content (AvgIpc) is 1.59. The highest BCUT2D eigenvalue weighted by atomic mass is 33.1. The first-order chi connectivity index (χ1) is 46.9. The summed E-state index contributed by atoms with van der Waals surface area (Å²) in [6.07, 6.45) is 1.66. The van der Waals surface area contributed by atoms with Crippen LogP contribution >= 0.6 is 21.6 Å². The van der Waals surface area contributed by atoms with Gasteiger partial charge in [-0.2, -0.15) is 0 Å². The van der Waals surface area contributed by atoms with Gasteiger partial charge >= 0.3 is 18.2 Å². The number of hydrogen-bond donors (Lipinski definition) is 6. The van der Waals surface area contributed by atoms with Gasteiger partial charge in [-0.1, -0.05) is 104 Å². The van der Waals surface area contributed by atoms with Gasteiger partial charge in [0.15, 0.2) is 29.7 Å². The van der Waals surface area contributed by atoms with Crippen LogP contribution in [0.15, 0.2) is 85.0 Å². The van der Waals surface area contributed by atoms with E-state index >= 15 is 0 Å². The van der Waals surface area contributed by atoms with Crippen LogP contribution in [0.3, 0.4) is 0 Å². The normalized spacial score (nSPS) is 18.7. The third kappa shape index (κ3) is 19.3. The molecule has 0 aromatic heterocycles. The number of fused-ring (bicyclic) bond motifs is 4. The molecule has 5 aliphatic heterocycles. The number of rotatable bonds is 35. The molecule has 5 heterocycles. The second kappa shape index (κ2) is 35.4. The number of amides is 9. The van der Waals surface area contributed by atoms with Crippen molar-refractivity contribution >= 4 is 92.3 Å². The number of nitrogens with one attached hydrogen (secondary N) is 2. The average molecular weight is 1400 g/mol. The maximum Gasteiger partial charge on any atom is 0.416 e. The molecule has 0 radical (unpaired) electrons. The second-order valence-electron chi connectivity index (χ2n) is 25.5. The predicted molar refractivity (Wildman–Crippen MR) is 367 cm³/mol. The number of methoxy groups -OCH3 is 1. The molecule has 28 heteroatoms. The van der Waals surface area contributed by atoms with Crippen molar-refractivity contribution in [2.75, 3.05) is 68.7 Å². The van der Waals surface area contributed by atoms with Crippen LogP contribution in [0.2, 0.25) is 0 Å². The Morgan fingerprint density at radius 2 is 1.28 bits per heavy atom. The van der Waals surface area contributed by atoms with Crippen molar-refractivity contribution in [1.29, 1.82) is 0 Å². The van der Waals surface area contributed by atoms with Crippen molar-refractivity contribution in [1.82, 2.24) is 25.3 Å². The van der Waals surface area contributed by atoms with E-state index in [1.807, 2.05) is 13.8 Å². The second-order valence-corrected chi connectivity index (χ2v) is 28.6. The summed E-state index contributed by atoms with van der Waals surface area (Å²) < 4.78 is 29.6. The number of carbonyl (C=O) groups excluding carboxylic acids is 10. The predicted octanol–water partition coefficient (Wildman–Crippen LogP) is 7.66. The summed E-state index contributed by atoms with van der Waals surface area (Å²) in [6, 6.07) is 9.09. The molecule has 2 saturated heterocycles. The monoisotopic (exact) mass is 1390 g/mol. The molecule has 3 aromatic carbocycles. The minimum Gasteiger partial charge on any atom is -0.493 e. The molecule has 2 fully saturated rings. The number of unbranched alkanes of at least 4 members (excludes halogenated alkanes) is 4. The first-order valence-corrected chi connectivity index (χ1v) is 35.5. The maximum atomic E-state index is 14.4. The van der Waals surface area contributed by atoms with Gasteiger partial charge in [0.05, 0.1) is 67.6 Å². The van der Waals surface area contributed by atoms with E-state index in [1.54, 1.807) is 45.9 Å². The van der Waals surface area contributed by atoms with E-state index in [0.29, 0.717) is 72.6 Å². The summed E-state index contributed by atoms with van der Waals surface area (Å²) in [5, 5.41) is 40.2. The molecule has 5 aliphatic rings. The maximum absolute atomic E-state index is 14.4. The largest absolute Gasteiger partial charge is 0.493 e. The summed E-state index contributed by atoms with van der Waals surface area (Å²) >= 11 is 0. The highest BCUT2D eigenvalue weighted by Gasteiger charge is 2.48. The third-order valence-corrected chi connectivity index (χ3v) is 20.5. The highest BCUT2D eigenvalue weighted by Crippen LogP contribution is 2.43. The SMILES string of the molecule is C=C1C[C@H]2C(O)N(C(=O)OCCSSC(C)C)c3cc(OCCCCCOc4cc5c(cc4CO)C(=O)N4CC(=C)C[C@H]4C(O)N5C(=O)OCc4ccc(CC(=O)[C@H](CCCNC(N)=O)NC(=O)[C@@H](CC(=O)CCCCCN5C(=O)C=CC5=O)C(C)C)cc4)c(OC)cc3C(=O)N2C1. The van der Waals surface area contributed by atoms with Gasteiger partial charge < -0.3 is 65.2 Å². The molecular formula is C70H90N8O18S2. The molecule has 6 atom stereocenters. The molecule has 26 nitrogen and oxygen atoms in total. The quantitative estimate of drug-likeness (QED) is 0.0142. The molecule has 7 N–H and O–H groups in total. The molecule has 0 aliphatic carbocycles. The van der Waals surface area contributed by atoms with Crippen LogP contribution in [0.25, 0.3) is 0 Å². The first kappa shape index (κ1) is 75.3. The Labute approximate surface area is 578 Å². The van der Waals surface area contributed by atoms with Crippen LogP contribution in [0.5, 0.6) is 17.2 Å². The summed E-state index contributed by atoms with van der Waals surface area (Å²) in [5.74, 6) is -2.49. The van der Waals surface area contributed by atoms with E-state index in [4.69, 9.17) is 29.4 Å². The van der Waals surface area contributed by atoms with Gasteiger partial charge in [-0.3, -0.25) is 38.5 Å². The number of aliphatic hydroxyl groups is 3. The zero-order chi connectivity index (χ0) is 70.9. The van der Waals surface area contributed by atoms with Crippen molar-refractivity contribution in [2.45, 2.75) is 160 Å². The van der Waals surface area contributed by atoms with E-state index in [2.05, 4.69) is 37.6 Å². The molecule has 0 spiro atoms. The number of nitrogens with zero attached hydrogens (tertiary/aromatic N) is 5. The number of primary amides is 1. The van der Waals surface area contributed by atoms with Crippen molar-refractivity contribution in [3.63, 3.8) is 0 Å². The zero-order valence-corrected chi connectivity index (χ0v) is 57.8. The van der Waals surface area contributed by atoms with Gasteiger partial charge in [-0.05, 0) is 87.0 Å². The fraction of sp³-hybridized carbons (Fsp3) is 0.514. The zero-order valence-electron chi connectivity index (χ0n) is 56.2. The number of urea groups is 1. The minimum atomic E-state index is -1.60. The molecule has 9 amide bonds. The Kier molecular flexibility index (Phi) is 27.2. The topological polar surface area (TPSA) is 344 Å². The van der Waals surface area contributed by atoms with E-state index in [0.717, 1.165) is 20.3 Å². The molecule has 8 rings (SSSR count). The number of ketones is 2. The standard InChI is InChI=1S/C70H90N8O18S2/c1-41(2)49(33-48(80)15-10-8-11-24-74-61(82)21-22-62(74)83)63(84)73-52(16-14-23-72-68(71)89)57(81)31-45-17-19-46(20-18-45)40-96-70(91)78-53-35-58(47(39-79)32-50(53)64(85)75-37-43(5)30-56(75)67(78)88)93-25-12-9-13-26-94-60-36-54-51(34-59(60)92-7)65(86)76-38-44(6)29-55(76)66(87)77(54)69(90)95-27-28-97-98-42(3)4/h17-22,32,34-36,41-42,49,52,55-56,66-67,79,87-88H,5-6,8-16,23-31,33,37-40H2,1-4,7H3,(H,73,84)(H3,71,72,89)/t49-,52-,55-,56-,66?,67?/m0/s1. The number of Topliss-reactive ketones (excluding diaryl/α,β-unsaturated/α-hetero) is 2. The fourth-order valence-corrected chi connectivity index (χ4v) is 14.2. The lowest BCUT2D eigenvalue weighted by atomic mass is 9.88. The van der Waals surface area contributed by atoms with Crippen LogP contribution in [-0.4, -0.2) is 184 Å². The Morgan fingerprint density at radius 1 is 0.704 bits per heavy atom. The highest BCUT2D eigenvalue weighted by molar-refractivity contribution is 8.76. The lowest BCUT2D eigenvalue weighted by Gasteiger charge is -2.31. The number of hydrogen-bond acceptors (Lipinski definition) is 20. The van der Waals surface area contributed by atoms with Crippen LogP contribution in [0.1, 0.15) is 142 Å². The van der Waals surface area contributed by atoms with E-state index < -0.39 is 79.0 Å². The molecular weight excluding hydrogens is 1300 g/mol. The van der Waals surface area contributed by atoms with Gasteiger partial charge in [0, 0.05) is 92.2 Å². The fourth-order valence-electron chi connectivity index (χ4n) is 12.4. The van der Waals surface area contributed by atoms with Crippen molar-refractivity contribution in [2.24, 2.45) is 17.6 Å². The number of benzene rings is 3. The van der Waals surface area contributed by atoms with E-state index in [1.165, 1.54) is 53.3 Å². The van der Waals surface area contributed by atoms with Gasteiger partial charge in [0.25, 0.3) is 23.6 Å². The van der Waals surface area contributed by atoms with Gasteiger partial charge in [-0.25, -0.2) is 24.2 Å².